The van der Waals surface area contributed by atoms with E-state index < -0.39 is 0 Å². The second-order valence-corrected chi connectivity index (χ2v) is 4.80. The zero-order valence-electron chi connectivity index (χ0n) is 10.9. The number of para-hydroxylation sites is 1. The van der Waals surface area contributed by atoms with Crippen LogP contribution in [0.4, 0.5) is 5.69 Å². The zero-order chi connectivity index (χ0) is 12.8. The SMILES string of the molecule is CC(C)C(C)NC(=O)CCc1ccccc1N. The Morgan fingerprint density at radius 3 is 2.53 bits per heavy atom. The van der Waals surface area contributed by atoms with Crippen LogP contribution in [-0.4, -0.2) is 11.9 Å². The van der Waals surface area contributed by atoms with Crippen LogP contribution in [0.15, 0.2) is 24.3 Å². The largest absolute Gasteiger partial charge is 0.399 e. The lowest BCUT2D eigenvalue weighted by Gasteiger charge is -2.17. The van der Waals surface area contributed by atoms with Gasteiger partial charge in [0, 0.05) is 18.2 Å². The van der Waals surface area contributed by atoms with Gasteiger partial charge in [0.15, 0.2) is 0 Å². The van der Waals surface area contributed by atoms with Crippen molar-refractivity contribution in [3.8, 4) is 0 Å². The van der Waals surface area contributed by atoms with E-state index in [1.165, 1.54) is 0 Å². The summed E-state index contributed by atoms with van der Waals surface area (Å²) in [7, 11) is 0. The van der Waals surface area contributed by atoms with Gasteiger partial charge in [0.05, 0.1) is 0 Å². The highest BCUT2D eigenvalue weighted by atomic mass is 16.1. The standard InChI is InChI=1S/C14H22N2O/c1-10(2)11(3)16-14(17)9-8-12-6-4-5-7-13(12)15/h4-7,10-11H,8-9,15H2,1-3H3,(H,16,17). The summed E-state index contributed by atoms with van der Waals surface area (Å²) in [5.74, 6) is 0.551. The Labute approximate surface area is 103 Å². The molecule has 3 nitrogen and oxygen atoms in total. The second kappa shape index (κ2) is 6.28. The van der Waals surface area contributed by atoms with E-state index in [0.29, 0.717) is 18.8 Å². The Hall–Kier alpha value is -1.51. The smallest absolute Gasteiger partial charge is 0.220 e. The van der Waals surface area contributed by atoms with Crippen molar-refractivity contribution in [2.45, 2.75) is 39.7 Å². The van der Waals surface area contributed by atoms with Crippen molar-refractivity contribution in [3.63, 3.8) is 0 Å². The van der Waals surface area contributed by atoms with E-state index in [1.54, 1.807) is 0 Å². The molecule has 3 N–H and O–H groups in total. The van der Waals surface area contributed by atoms with E-state index in [0.717, 1.165) is 11.3 Å². The minimum Gasteiger partial charge on any atom is -0.399 e. The van der Waals surface area contributed by atoms with Gasteiger partial charge in [0.25, 0.3) is 0 Å². The predicted molar refractivity (Wildman–Crippen MR) is 71.6 cm³/mol. The van der Waals surface area contributed by atoms with Crippen molar-refractivity contribution in [2.75, 3.05) is 5.73 Å². The van der Waals surface area contributed by atoms with Crippen LogP contribution >= 0.6 is 0 Å². The highest BCUT2D eigenvalue weighted by Crippen LogP contribution is 2.12. The molecule has 1 atom stereocenters. The molecule has 0 saturated heterocycles. The predicted octanol–water partition coefficient (Wildman–Crippen LogP) is 2.36. The van der Waals surface area contributed by atoms with Gasteiger partial charge in [-0.2, -0.15) is 0 Å². The summed E-state index contributed by atoms with van der Waals surface area (Å²) < 4.78 is 0. The molecule has 0 aliphatic rings. The molecule has 1 aromatic carbocycles. The van der Waals surface area contributed by atoms with Crippen LogP contribution in [0, 0.1) is 5.92 Å². The Morgan fingerprint density at radius 1 is 1.29 bits per heavy atom. The first-order valence-electron chi connectivity index (χ1n) is 6.13. The zero-order valence-corrected chi connectivity index (χ0v) is 10.9. The topological polar surface area (TPSA) is 55.1 Å². The second-order valence-electron chi connectivity index (χ2n) is 4.80. The maximum Gasteiger partial charge on any atom is 0.220 e. The minimum absolute atomic E-state index is 0.0921. The van der Waals surface area contributed by atoms with Crippen molar-refractivity contribution in [1.82, 2.24) is 5.32 Å². The molecule has 0 fully saturated rings. The number of carbonyl (C=O) groups excluding carboxylic acids is 1. The number of rotatable bonds is 5. The third-order valence-corrected chi connectivity index (χ3v) is 3.07. The average molecular weight is 234 g/mol. The van der Waals surface area contributed by atoms with Crippen LogP contribution < -0.4 is 11.1 Å². The molecule has 0 aromatic heterocycles. The van der Waals surface area contributed by atoms with Crippen LogP contribution in [-0.2, 0) is 11.2 Å². The molecular weight excluding hydrogens is 212 g/mol. The highest BCUT2D eigenvalue weighted by Gasteiger charge is 2.10. The summed E-state index contributed by atoms with van der Waals surface area (Å²) in [6.45, 7) is 6.22. The van der Waals surface area contributed by atoms with Crippen molar-refractivity contribution in [2.24, 2.45) is 5.92 Å². The van der Waals surface area contributed by atoms with Gasteiger partial charge >= 0.3 is 0 Å². The monoisotopic (exact) mass is 234 g/mol. The highest BCUT2D eigenvalue weighted by molar-refractivity contribution is 5.76. The summed E-state index contributed by atoms with van der Waals surface area (Å²) in [6, 6.07) is 7.90. The van der Waals surface area contributed by atoms with Gasteiger partial charge in [0.2, 0.25) is 5.91 Å². The van der Waals surface area contributed by atoms with Gasteiger partial charge in [-0.3, -0.25) is 4.79 Å². The number of amides is 1. The molecule has 1 rings (SSSR count). The summed E-state index contributed by atoms with van der Waals surface area (Å²) >= 11 is 0. The van der Waals surface area contributed by atoms with Gasteiger partial charge in [-0.1, -0.05) is 32.0 Å². The Morgan fingerprint density at radius 2 is 1.94 bits per heavy atom. The molecule has 17 heavy (non-hydrogen) atoms. The molecule has 94 valence electrons. The quantitative estimate of drug-likeness (QED) is 0.768. The van der Waals surface area contributed by atoms with E-state index in [9.17, 15) is 4.79 Å². The molecular formula is C14H22N2O. The van der Waals surface area contributed by atoms with Gasteiger partial charge in [0.1, 0.15) is 0 Å². The first-order valence-corrected chi connectivity index (χ1v) is 6.13. The summed E-state index contributed by atoms with van der Waals surface area (Å²) in [6.07, 6.45) is 1.19. The molecule has 1 aromatic rings. The van der Waals surface area contributed by atoms with Gasteiger partial charge in [-0.05, 0) is 30.9 Å². The van der Waals surface area contributed by atoms with E-state index in [-0.39, 0.29) is 11.9 Å². The molecule has 0 radical (unpaired) electrons. The van der Waals surface area contributed by atoms with Gasteiger partial charge in [-0.25, -0.2) is 0 Å². The number of anilines is 1. The van der Waals surface area contributed by atoms with E-state index in [1.807, 2.05) is 31.2 Å². The lowest BCUT2D eigenvalue weighted by molar-refractivity contribution is -0.121. The van der Waals surface area contributed by atoms with Gasteiger partial charge < -0.3 is 11.1 Å². The van der Waals surface area contributed by atoms with E-state index >= 15 is 0 Å². The fraction of sp³-hybridized carbons (Fsp3) is 0.500. The molecule has 0 saturated carbocycles. The summed E-state index contributed by atoms with van der Waals surface area (Å²) in [5, 5.41) is 2.99. The summed E-state index contributed by atoms with van der Waals surface area (Å²) in [5.41, 5.74) is 7.63. The molecule has 0 aliphatic carbocycles. The molecule has 1 unspecified atom stereocenters. The Kier molecular flexibility index (Phi) is 5.01. The lowest BCUT2D eigenvalue weighted by atomic mass is 10.0. The van der Waals surface area contributed by atoms with E-state index in [2.05, 4.69) is 19.2 Å². The Bertz CT molecular complexity index is 374. The molecule has 0 aliphatic heterocycles. The molecule has 3 heteroatoms. The number of nitrogen functional groups attached to an aromatic ring is 1. The van der Waals surface area contributed by atoms with Crippen molar-refractivity contribution < 1.29 is 4.79 Å². The molecule has 0 spiro atoms. The number of nitrogens with one attached hydrogen (secondary N) is 1. The average Bonchev–Trinajstić information content (AvgIpc) is 2.27. The minimum atomic E-state index is 0.0921. The van der Waals surface area contributed by atoms with Gasteiger partial charge in [-0.15, -0.1) is 0 Å². The lowest BCUT2D eigenvalue weighted by Crippen LogP contribution is -2.36. The number of aryl methyl sites for hydroxylation is 1. The van der Waals surface area contributed by atoms with E-state index in [4.69, 9.17) is 5.73 Å². The number of hydrogen-bond acceptors (Lipinski definition) is 2. The third kappa shape index (κ3) is 4.47. The molecule has 0 heterocycles. The third-order valence-electron chi connectivity index (χ3n) is 3.07. The van der Waals surface area contributed by atoms with Crippen molar-refractivity contribution in [1.29, 1.82) is 0 Å². The fourth-order valence-corrected chi connectivity index (χ4v) is 1.50. The molecule has 0 bridgehead atoms. The normalized spacial score (nSPS) is 12.5. The number of nitrogens with two attached hydrogens (primary N) is 1. The summed E-state index contributed by atoms with van der Waals surface area (Å²) in [4.78, 5) is 11.7. The van der Waals surface area contributed by atoms with Crippen LogP contribution in [0.25, 0.3) is 0 Å². The molecule has 1 amide bonds. The maximum atomic E-state index is 11.7. The van der Waals surface area contributed by atoms with Crippen LogP contribution in [0.5, 0.6) is 0 Å². The Balaban J connectivity index is 2.41. The number of hydrogen-bond donors (Lipinski definition) is 2. The van der Waals surface area contributed by atoms with Crippen LogP contribution in [0.2, 0.25) is 0 Å². The first-order chi connectivity index (χ1) is 8.00. The van der Waals surface area contributed by atoms with Crippen LogP contribution in [0.1, 0.15) is 32.8 Å². The first kappa shape index (κ1) is 13.6. The number of benzene rings is 1. The van der Waals surface area contributed by atoms with Crippen molar-refractivity contribution >= 4 is 11.6 Å². The fourth-order valence-electron chi connectivity index (χ4n) is 1.50. The van der Waals surface area contributed by atoms with Crippen LogP contribution in [0.3, 0.4) is 0 Å². The van der Waals surface area contributed by atoms with Crippen molar-refractivity contribution in [3.05, 3.63) is 29.8 Å². The number of carbonyl (C=O) groups is 1. The maximum absolute atomic E-state index is 11.7.